The molecule has 0 spiro atoms. The molecule has 3 atom stereocenters. The quantitative estimate of drug-likeness (QED) is 0.813. The molecule has 2 aliphatic heterocycles. The molecule has 2 rings (SSSR count). The molecule has 2 heterocycles. The highest BCUT2D eigenvalue weighted by Gasteiger charge is 2.30. The Balaban J connectivity index is 1.89. The smallest absolute Gasteiger partial charge is 0.0509 e. The molecule has 0 aromatic carbocycles. The lowest BCUT2D eigenvalue weighted by molar-refractivity contribution is 0.0819. The Hall–Kier alpha value is -0.120. The van der Waals surface area contributed by atoms with Crippen molar-refractivity contribution in [2.45, 2.75) is 52.1 Å². The van der Waals surface area contributed by atoms with Crippen molar-refractivity contribution in [1.29, 1.82) is 0 Å². The Bertz CT molecular complexity index is 233. The van der Waals surface area contributed by atoms with E-state index in [1.807, 2.05) is 0 Å². The third-order valence-corrected chi connectivity index (χ3v) is 4.70. The molecule has 3 nitrogen and oxygen atoms in total. The van der Waals surface area contributed by atoms with Crippen molar-refractivity contribution in [2.75, 3.05) is 32.8 Å². The van der Waals surface area contributed by atoms with Crippen LogP contribution in [0.3, 0.4) is 0 Å². The van der Waals surface area contributed by atoms with Crippen LogP contribution in [-0.2, 0) is 4.74 Å². The Morgan fingerprint density at radius 3 is 2.67 bits per heavy atom. The number of ether oxygens (including phenoxy) is 1. The van der Waals surface area contributed by atoms with Gasteiger partial charge in [0.2, 0.25) is 0 Å². The molecule has 0 radical (unpaired) electrons. The molecular weight excluding hydrogens is 224 g/mol. The molecule has 0 saturated carbocycles. The summed E-state index contributed by atoms with van der Waals surface area (Å²) in [5.74, 6) is 1.58. The van der Waals surface area contributed by atoms with E-state index >= 15 is 0 Å². The van der Waals surface area contributed by atoms with Gasteiger partial charge < -0.3 is 10.1 Å². The first-order valence-electron chi connectivity index (χ1n) is 7.72. The predicted molar refractivity (Wildman–Crippen MR) is 75.8 cm³/mol. The summed E-state index contributed by atoms with van der Waals surface area (Å²) in [7, 11) is 0. The zero-order valence-corrected chi connectivity index (χ0v) is 12.3. The summed E-state index contributed by atoms with van der Waals surface area (Å²) in [4.78, 5) is 2.71. The lowest BCUT2D eigenvalue weighted by Crippen LogP contribution is -2.48. The van der Waals surface area contributed by atoms with Crippen molar-refractivity contribution < 1.29 is 4.74 Å². The van der Waals surface area contributed by atoms with Gasteiger partial charge in [-0.25, -0.2) is 0 Å². The Morgan fingerprint density at radius 2 is 2.11 bits per heavy atom. The molecule has 106 valence electrons. The van der Waals surface area contributed by atoms with Gasteiger partial charge in [0.1, 0.15) is 0 Å². The minimum absolute atomic E-state index is 0.641. The Morgan fingerprint density at radius 1 is 1.28 bits per heavy atom. The molecule has 0 aromatic heterocycles. The zero-order valence-electron chi connectivity index (χ0n) is 12.3. The van der Waals surface area contributed by atoms with Crippen LogP contribution >= 0.6 is 0 Å². The number of hydrogen-bond acceptors (Lipinski definition) is 3. The van der Waals surface area contributed by atoms with E-state index in [-0.39, 0.29) is 0 Å². The summed E-state index contributed by atoms with van der Waals surface area (Å²) in [6, 6.07) is 1.30. The van der Waals surface area contributed by atoms with Gasteiger partial charge in [0.05, 0.1) is 6.61 Å². The van der Waals surface area contributed by atoms with E-state index in [9.17, 15) is 0 Å². The average molecular weight is 254 g/mol. The molecule has 18 heavy (non-hydrogen) atoms. The highest BCUT2D eigenvalue weighted by atomic mass is 16.5. The van der Waals surface area contributed by atoms with Gasteiger partial charge in [-0.05, 0) is 65.0 Å². The molecular formula is C15H30N2O. The fourth-order valence-corrected chi connectivity index (χ4v) is 3.43. The summed E-state index contributed by atoms with van der Waals surface area (Å²) in [6.07, 6.45) is 3.98. The minimum Gasteiger partial charge on any atom is -0.381 e. The normalized spacial score (nSPS) is 31.2. The molecule has 2 aliphatic rings. The maximum atomic E-state index is 5.56. The third-order valence-electron chi connectivity index (χ3n) is 4.70. The summed E-state index contributed by atoms with van der Waals surface area (Å²) in [5.41, 5.74) is 0. The second kappa shape index (κ2) is 6.88. The standard InChI is InChI=1S/C15H30N2O/c1-12(2)17(10-14-5-4-7-16-9-14)13(3)15-6-8-18-11-15/h12-16H,4-11H2,1-3H3. The fourth-order valence-electron chi connectivity index (χ4n) is 3.43. The lowest BCUT2D eigenvalue weighted by atomic mass is 9.94. The monoisotopic (exact) mass is 254 g/mol. The van der Waals surface area contributed by atoms with Gasteiger partial charge in [-0.15, -0.1) is 0 Å². The van der Waals surface area contributed by atoms with Gasteiger partial charge in [-0.2, -0.15) is 0 Å². The van der Waals surface area contributed by atoms with Crippen LogP contribution in [0.1, 0.15) is 40.0 Å². The van der Waals surface area contributed by atoms with Gasteiger partial charge in [0, 0.05) is 25.2 Å². The predicted octanol–water partition coefficient (Wildman–Crippen LogP) is 2.12. The summed E-state index contributed by atoms with van der Waals surface area (Å²) >= 11 is 0. The summed E-state index contributed by atoms with van der Waals surface area (Å²) in [5, 5.41) is 3.54. The average Bonchev–Trinajstić information content (AvgIpc) is 2.90. The maximum absolute atomic E-state index is 5.56. The van der Waals surface area contributed by atoms with Crippen molar-refractivity contribution in [3.8, 4) is 0 Å². The Kier molecular flexibility index (Phi) is 5.46. The highest BCUT2D eigenvalue weighted by molar-refractivity contribution is 4.83. The first kappa shape index (κ1) is 14.3. The molecule has 2 fully saturated rings. The number of piperidine rings is 1. The SMILES string of the molecule is CC(C)N(CC1CCCNC1)C(C)C1CCOC1. The van der Waals surface area contributed by atoms with E-state index in [1.165, 1.54) is 38.9 Å². The van der Waals surface area contributed by atoms with E-state index < -0.39 is 0 Å². The number of nitrogens with one attached hydrogen (secondary N) is 1. The van der Waals surface area contributed by atoms with E-state index in [0.717, 1.165) is 25.0 Å². The van der Waals surface area contributed by atoms with Crippen molar-refractivity contribution in [2.24, 2.45) is 11.8 Å². The van der Waals surface area contributed by atoms with E-state index in [0.29, 0.717) is 12.1 Å². The third kappa shape index (κ3) is 3.69. The van der Waals surface area contributed by atoms with Crippen LogP contribution in [-0.4, -0.2) is 49.8 Å². The molecule has 0 amide bonds. The maximum Gasteiger partial charge on any atom is 0.0509 e. The van der Waals surface area contributed by atoms with E-state index in [4.69, 9.17) is 4.74 Å². The molecule has 3 unspecified atom stereocenters. The second-order valence-electron chi connectivity index (χ2n) is 6.37. The van der Waals surface area contributed by atoms with E-state index in [1.54, 1.807) is 0 Å². The second-order valence-corrected chi connectivity index (χ2v) is 6.37. The molecule has 2 saturated heterocycles. The molecule has 0 bridgehead atoms. The first-order valence-corrected chi connectivity index (χ1v) is 7.72. The molecule has 0 aliphatic carbocycles. The van der Waals surface area contributed by atoms with Crippen LogP contribution in [0.4, 0.5) is 0 Å². The van der Waals surface area contributed by atoms with Crippen LogP contribution in [0.5, 0.6) is 0 Å². The topological polar surface area (TPSA) is 24.5 Å². The number of rotatable bonds is 5. The van der Waals surface area contributed by atoms with Crippen LogP contribution in [0.25, 0.3) is 0 Å². The number of hydrogen-bond donors (Lipinski definition) is 1. The van der Waals surface area contributed by atoms with Crippen LogP contribution in [0.2, 0.25) is 0 Å². The fraction of sp³-hybridized carbons (Fsp3) is 1.00. The van der Waals surface area contributed by atoms with Crippen LogP contribution < -0.4 is 5.32 Å². The van der Waals surface area contributed by atoms with Crippen molar-refractivity contribution in [3.63, 3.8) is 0 Å². The van der Waals surface area contributed by atoms with Gasteiger partial charge in [-0.3, -0.25) is 4.90 Å². The Labute approximate surface area is 112 Å². The van der Waals surface area contributed by atoms with Gasteiger partial charge in [0.25, 0.3) is 0 Å². The highest BCUT2D eigenvalue weighted by Crippen LogP contribution is 2.24. The van der Waals surface area contributed by atoms with Crippen LogP contribution in [0, 0.1) is 11.8 Å². The van der Waals surface area contributed by atoms with E-state index in [2.05, 4.69) is 31.0 Å². The van der Waals surface area contributed by atoms with Crippen molar-refractivity contribution in [1.82, 2.24) is 10.2 Å². The molecule has 3 heteroatoms. The molecule has 1 N–H and O–H groups in total. The molecule has 0 aromatic rings. The summed E-state index contributed by atoms with van der Waals surface area (Å²) in [6.45, 7) is 12.7. The van der Waals surface area contributed by atoms with Crippen LogP contribution in [0.15, 0.2) is 0 Å². The first-order chi connectivity index (χ1) is 8.68. The largest absolute Gasteiger partial charge is 0.381 e. The lowest BCUT2D eigenvalue weighted by Gasteiger charge is -2.39. The van der Waals surface area contributed by atoms with Gasteiger partial charge in [0.15, 0.2) is 0 Å². The van der Waals surface area contributed by atoms with Crippen molar-refractivity contribution >= 4 is 0 Å². The zero-order chi connectivity index (χ0) is 13.0. The minimum atomic E-state index is 0.641. The summed E-state index contributed by atoms with van der Waals surface area (Å²) < 4.78 is 5.56. The number of nitrogens with zero attached hydrogens (tertiary/aromatic N) is 1. The van der Waals surface area contributed by atoms with Gasteiger partial charge >= 0.3 is 0 Å². The van der Waals surface area contributed by atoms with Crippen molar-refractivity contribution in [3.05, 3.63) is 0 Å². The van der Waals surface area contributed by atoms with Gasteiger partial charge in [-0.1, -0.05) is 0 Å².